The molecule has 2 rings (SSSR count). The van der Waals surface area contributed by atoms with Crippen molar-refractivity contribution in [2.75, 3.05) is 0 Å². The second-order valence-corrected chi connectivity index (χ2v) is 5.00. The second kappa shape index (κ2) is 3.93. The van der Waals surface area contributed by atoms with Gasteiger partial charge in [0.05, 0.1) is 4.90 Å². The van der Waals surface area contributed by atoms with Gasteiger partial charge in [-0.05, 0) is 18.2 Å². The number of hydrogen-bond acceptors (Lipinski definition) is 4. The largest absolute Gasteiger partial charge is 0.345 e. The molecule has 0 unspecified atom stereocenters. The van der Waals surface area contributed by atoms with Gasteiger partial charge in [-0.3, -0.25) is 4.55 Å². The number of rotatable bonds is 2. The van der Waals surface area contributed by atoms with Crippen molar-refractivity contribution in [2.24, 2.45) is 0 Å². The molecule has 0 amide bonds. The molecule has 7 heteroatoms. The zero-order chi connectivity index (χ0) is 11.8. The minimum atomic E-state index is -4.21. The van der Waals surface area contributed by atoms with Crippen LogP contribution in [0.15, 0.2) is 40.4 Å². The Balaban J connectivity index is 2.63. The van der Waals surface area contributed by atoms with Crippen LogP contribution in [0.25, 0.3) is 11.4 Å². The fraction of sp³-hybridized carbons (Fsp3) is 0. The standard InChI is InChI=1S/C9H8N2O3S2/c12-16(13,14)6-1-2-8(15)7(5-6)9-10-3-4-11-9/h1-5,15H,(H,10,11)(H,12,13,14). The van der Waals surface area contributed by atoms with Gasteiger partial charge >= 0.3 is 0 Å². The highest BCUT2D eigenvalue weighted by molar-refractivity contribution is 7.85. The maximum absolute atomic E-state index is 11.0. The molecule has 2 aromatic rings. The van der Waals surface area contributed by atoms with Crippen molar-refractivity contribution in [3.05, 3.63) is 30.6 Å². The molecule has 0 aliphatic rings. The van der Waals surface area contributed by atoms with Crippen molar-refractivity contribution in [3.63, 3.8) is 0 Å². The van der Waals surface area contributed by atoms with Crippen molar-refractivity contribution >= 4 is 22.7 Å². The summed E-state index contributed by atoms with van der Waals surface area (Å²) in [4.78, 5) is 7.21. The van der Waals surface area contributed by atoms with E-state index in [-0.39, 0.29) is 4.90 Å². The van der Waals surface area contributed by atoms with Crippen molar-refractivity contribution in [1.82, 2.24) is 9.97 Å². The maximum atomic E-state index is 11.0. The first-order valence-corrected chi connectivity index (χ1v) is 6.17. The summed E-state index contributed by atoms with van der Waals surface area (Å²) in [5, 5.41) is 0. The summed E-state index contributed by atoms with van der Waals surface area (Å²) in [7, 11) is -4.21. The molecular weight excluding hydrogens is 248 g/mol. The van der Waals surface area contributed by atoms with Gasteiger partial charge < -0.3 is 4.98 Å². The fourth-order valence-electron chi connectivity index (χ4n) is 1.28. The number of aromatic amines is 1. The number of H-pyrrole nitrogens is 1. The van der Waals surface area contributed by atoms with Gasteiger partial charge in [0.2, 0.25) is 0 Å². The molecule has 0 bridgehead atoms. The third-order valence-corrected chi connectivity index (χ3v) is 3.26. The van der Waals surface area contributed by atoms with Gasteiger partial charge in [0, 0.05) is 22.9 Å². The lowest BCUT2D eigenvalue weighted by Gasteiger charge is -2.04. The Labute approximate surface area is 97.7 Å². The molecule has 84 valence electrons. The van der Waals surface area contributed by atoms with Crippen LogP contribution in [0.2, 0.25) is 0 Å². The Hall–Kier alpha value is -1.31. The summed E-state index contributed by atoms with van der Waals surface area (Å²) in [6.45, 7) is 0. The number of thiol groups is 1. The van der Waals surface area contributed by atoms with Gasteiger partial charge in [-0.15, -0.1) is 12.6 Å². The van der Waals surface area contributed by atoms with E-state index in [0.29, 0.717) is 16.3 Å². The van der Waals surface area contributed by atoms with Crippen LogP contribution in [0.1, 0.15) is 0 Å². The van der Waals surface area contributed by atoms with Gasteiger partial charge in [0.25, 0.3) is 10.1 Å². The van der Waals surface area contributed by atoms with E-state index >= 15 is 0 Å². The first-order valence-electron chi connectivity index (χ1n) is 4.29. The van der Waals surface area contributed by atoms with Crippen LogP contribution in [0.4, 0.5) is 0 Å². The molecule has 5 nitrogen and oxygen atoms in total. The first-order chi connectivity index (χ1) is 7.48. The SMILES string of the molecule is O=S(=O)(O)c1ccc(S)c(-c2ncc[nH]2)c1. The molecule has 16 heavy (non-hydrogen) atoms. The molecule has 0 aliphatic carbocycles. The summed E-state index contributed by atoms with van der Waals surface area (Å²) < 4.78 is 30.9. The summed E-state index contributed by atoms with van der Waals surface area (Å²) in [5.74, 6) is 0.496. The predicted molar refractivity (Wildman–Crippen MR) is 61.1 cm³/mol. The maximum Gasteiger partial charge on any atom is 0.294 e. The predicted octanol–water partition coefficient (Wildman–Crippen LogP) is 1.61. The van der Waals surface area contributed by atoms with E-state index in [1.807, 2.05) is 0 Å². The Morgan fingerprint density at radius 1 is 1.38 bits per heavy atom. The van der Waals surface area contributed by atoms with E-state index in [9.17, 15) is 8.42 Å². The third kappa shape index (κ3) is 2.11. The Morgan fingerprint density at radius 2 is 2.12 bits per heavy atom. The quantitative estimate of drug-likeness (QED) is 0.563. The van der Waals surface area contributed by atoms with E-state index in [4.69, 9.17) is 4.55 Å². The average molecular weight is 256 g/mol. The number of aromatic nitrogens is 2. The normalized spacial score (nSPS) is 11.6. The average Bonchev–Trinajstić information content (AvgIpc) is 2.69. The fourth-order valence-corrected chi connectivity index (χ4v) is 2.03. The van der Waals surface area contributed by atoms with Gasteiger partial charge in [0.15, 0.2) is 0 Å². The monoisotopic (exact) mass is 256 g/mol. The number of nitrogens with zero attached hydrogens (tertiary/aromatic N) is 1. The second-order valence-electron chi connectivity index (χ2n) is 3.09. The lowest BCUT2D eigenvalue weighted by atomic mass is 10.2. The van der Waals surface area contributed by atoms with Crippen LogP contribution < -0.4 is 0 Å². The minimum absolute atomic E-state index is 0.184. The summed E-state index contributed by atoms with van der Waals surface area (Å²) in [6.07, 6.45) is 3.16. The zero-order valence-corrected chi connectivity index (χ0v) is 9.66. The van der Waals surface area contributed by atoms with E-state index in [0.717, 1.165) is 0 Å². The molecule has 0 aliphatic heterocycles. The minimum Gasteiger partial charge on any atom is -0.345 e. The van der Waals surface area contributed by atoms with Gasteiger partial charge in [-0.2, -0.15) is 8.42 Å². The van der Waals surface area contributed by atoms with Crippen LogP contribution in [-0.2, 0) is 10.1 Å². The highest BCUT2D eigenvalue weighted by Crippen LogP contribution is 2.26. The molecule has 1 heterocycles. The topological polar surface area (TPSA) is 83.1 Å². The number of imidazole rings is 1. The Kier molecular flexibility index (Phi) is 2.75. The molecule has 0 spiro atoms. The zero-order valence-electron chi connectivity index (χ0n) is 7.95. The lowest BCUT2D eigenvalue weighted by Crippen LogP contribution is -1.98. The molecule has 0 radical (unpaired) electrons. The molecular formula is C9H8N2O3S2. The van der Waals surface area contributed by atoms with E-state index in [1.165, 1.54) is 18.2 Å². The van der Waals surface area contributed by atoms with Gasteiger partial charge in [-0.25, -0.2) is 4.98 Å². The van der Waals surface area contributed by atoms with Crippen molar-refractivity contribution < 1.29 is 13.0 Å². The lowest BCUT2D eigenvalue weighted by molar-refractivity contribution is 0.483. The first kappa shape index (κ1) is 11.2. The highest BCUT2D eigenvalue weighted by Gasteiger charge is 2.13. The van der Waals surface area contributed by atoms with Crippen LogP contribution in [-0.4, -0.2) is 22.9 Å². The summed E-state index contributed by atoms with van der Waals surface area (Å²) in [5.41, 5.74) is 0.517. The smallest absolute Gasteiger partial charge is 0.294 e. The van der Waals surface area contributed by atoms with Crippen molar-refractivity contribution in [2.45, 2.75) is 9.79 Å². The van der Waals surface area contributed by atoms with Gasteiger partial charge in [0.1, 0.15) is 5.82 Å². The third-order valence-electron chi connectivity index (χ3n) is 2.02. The summed E-state index contributed by atoms with van der Waals surface area (Å²) >= 11 is 4.19. The molecule has 0 atom stereocenters. The molecule has 0 saturated carbocycles. The Bertz CT molecular complexity index is 606. The van der Waals surface area contributed by atoms with Crippen LogP contribution >= 0.6 is 12.6 Å². The molecule has 1 aromatic carbocycles. The van der Waals surface area contributed by atoms with Crippen LogP contribution in [0.5, 0.6) is 0 Å². The van der Waals surface area contributed by atoms with E-state index in [2.05, 4.69) is 22.6 Å². The number of nitrogens with one attached hydrogen (secondary N) is 1. The van der Waals surface area contributed by atoms with Crippen LogP contribution in [0, 0.1) is 0 Å². The highest BCUT2D eigenvalue weighted by atomic mass is 32.2. The van der Waals surface area contributed by atoms with E-state index < -0.39 is 10.1 Å². The Morgan fingerprint density at radius 3 is 2.69 bits per heavy atom. The molecule has 0 fully saturated rings. The van der Waals surface area contributed by atoms with E-state index in [1.54, 1.807) is 12.4 Å². The summed E-state index contributed by atoms with van der Waals surface area (Å²) in [6, 6.07) is 4.09. The van der Waals surface area contributed by atoms with Gasteiger partial charge in [-0.1, -0.05) is 0 Å². The molecule has 1 aromatic heterocycles. The number of hydrogen-bond donors (Lipinski definition) is 3. The van der Waals surface area contributed by atoms with Crippen molar-refractivity contribution in [1.29, 1.82) is 0 Å². The molecule has 0 saturated heterocycles. The van der Waals surface area contributed by atoms with Crippen molar-refractivity contribution in [3.8, 4) is 11.4 Å². The van der Waals surface area contributed by atoms with Crippen LogP contribution in [0.3, 0.4) is 0 Å². The molecule has 2 N–H and O–H groups in total. The number of benzene rings is 1.